The van der Waals surface area contributed by atoms with Crippen LogP contribution in [0.3, 0.4) is 0 Å². The van der Waals surface area contributed by atoms with Crippen LogP contribution in [0.4, 0.5) is 17.1 Å². The maximum absolute atomic E-state index is 12.2. The van der Waals surface area contributed by atoms with Crippen LogP contribution in [0, 0.1) is 10.1 Å². The minimum absolute atomic E-state index is 0.0156. The molecule has 0 aliphatic carbocycles. The molecule has 0 radical (unpaired) electrons. The van der Waals surface area contributed by atoms with Crippen LogP contribution in [-0.4, -0.2) is 24.5 Å². The van der Waals surface area contributed by atoms with Crippen LogP contribution in [0.1, 0.15) is 5.56 Å². The molecule has 10 heteroatoms. The number of nitrogens with zero attached hydrogens (tertiary/aromatic N) is 1. The molecule has 0 fully saturated rings. The monoisotopic (exact) mass is 475 g/mol. The van der Waals surface area contributed by atoms with Gasteiger partial charge in [0.25, 0.3) is 11.6 Å². The van der Waals surface area contributed by atoms with Gasteiger partial charge in [0.1, 0.15) is 0 Å². The molecule has 0 aromatic heterocycles. The zero-order valence-corrected chi connectivity index (χ0v) is 18.4. The second-order valence-corrected chi connectivity index (χ2v) is 7.45. The van der Waals surface area contributed by atoms with Crippen molar-refractivity contribution in [2.24, 2.45) is 0 Å². The molecule has 3 aromatic rings. The molecule has 0 unspecified atom stereocenters. The fraction of sp³-hybridized carbons (Fsp3) is 0.136. The third-order valence-electron chi connectivity index (χ3n) is 4.34. The summed E-state index contributed by atoms with van der Waals surface area (Å²) in [6.45, 7) is 0.129. The van der Waals surface area contributed by atoms with E-state index in [1.54, 1.807) is 48.5 Å². The Morgan fingerprint density at radius 1 is 1.03 bits per heavy atom. The summed E-state index contributed by atoms with van der Waals surface area (Å²) in [5.41, 5.74) is 2.11. The molecule has 166 valence electrons. The molecule has 8 nitrogen and oxygen atoms in total. The van der Waals surface area contributed by atoms with Gasteiger partial charge >= 0.3 is 0 Å². The van der Waals surface area contributed by atoms with Crippen LogP contribution in [0.2, 0.25) is 10.0 Å². The first-order valence-corrected chi connectivity index (χ1v) is 10.1. The summed E-state index contributed by atoms with van der Waals surface area (Å²) in [5.74, 6) is 0.256. The van der Waals surface area contributed by atoms with Crippen molar-refractivity contribution in [3.63, 3.8) is 0 Å². The molecule has 0 aliphatic rings. The van der Waals surface area contributed by atoms with E-state index in [0.29, 0.717) is 28.7 Å². The van der Waals surface area contributed by atoms with Crippen molar-refractivity contribution in [3.8, 4) is 11.5 Å². The van der Waals surface area contributed by atoms with E-state index in [1.807, 2.05) is 0 Å². The molecule has 3 aromatic carbocycles. The van der Waals surface area contributed by atoms with E-state index in [9.17, 15) is 14.9 Å². The molecule has 3 rings (SSSR count). The molecule has 2 N–H and O–H groups in total. The van der Waals surface area contributed by atoms with Crippen LogP contribution >= 0.6 is 23.2 Å². The SMILES string of the molecule is COc1cc(CNc2ccc([N+](=O)[O-])cc2)cc(Cl)c1OCC(=O)Nc1ccc(Cl)cc1. The number of carbonyl (C=O) groups is 1. The first kappa shape index (κ1) is 23.2. The van der Waals surface area contributed by atoms with E-state index in [2.05, 4.69) is 10.6 Å². The van der Waals surface area contributed by atoms with Gasteiger partial charge in [-0.3, -0.25) is 14.9 Å². The Hall–Kier alpha value is -3.49. The van der Waals surface area contributed by atoms with E-state index >= 15 is 0 Å². The highest BCUT2D eigenvalue weighted by Gasteiger charge is 2.14. The molecule has 0 saturated heterocycles. The third-order valence-corrected chi connectivity index (χ3v) is 4.87. The predicted octanol–water partition coefficient (Wildman–Crippen LogP) is 5.54. The summed E-state index contributed by atoms with van der Waals surface area (Å²) in [6.07, 6.45) is 0. The lowest BCUT2D eigenvalue weighted by Crippen LogP contribution is -2.20. The lowest BCUT2D eigenvalue weighted by Gasteiger charge is -2.15. The van der Waals surface area contributed by atoms with Gasteiger partial charge in [0.2, 0.25) is 0 Å². The molecular formula is C22H19Cl2N3O5. The smallest absolute Gasteiger partial charge is 0.269 e. The zero-order valence-electron chi connectivity index (χ0n) is 16.9. The summed E-state index contributed by atoms with van der Waals surface area (Å²) < 4.78 is 11.0. The summed E-state index contributed by atoms with van der Waals surface area (Å²) in [4.78, 5) is 22.5. The van der Waals surface area contributed by atoms with Gasteiger partial charge in [-0.2, -0.15) is 0 Å². The van der Waals surface area contributed by atoms with Gasteiger partial charge in [0.05, 0.1) is 17.1 Å². The van der Waals surface area contributed by atoms with Crippen molar-refractivity contribution in [1.82, 2.24) is 0 Å². The molecule has 0 heterocycles. The van der Waals surface area contributed by atoms with Gasteiger partial charge in [-0.15, -0.1) is 0 Å². The van der Waals surface area contributed by atoms with Crippen LogP contribution in [0.15, 0.2) is 60.7 Å². The van der Waals surface area contributed by atoms with Crippen molar-refractivity contribution in [2.75, 3.05) is 24.4 Å². The van der Waals surface area contributed by atoms with E-state index in [0.717, 1.165) is 5.56 Å². The molecule has 32 heavy (non-hydrogen) atoms. The quantitative estimate of drug-likeness (QED) is 0.311. The highest BCUT2D eigenvalue weighted by Crippen LogP contribution is 2.36. The number of rotatable bonds is 9. The highest BCUT2D eigenvalue weighted by molar-refractivity contribution is 6.32. The lowest BCUT2D eigenvalue weighted by molar-refractivity contribution is -0.384. The number of ether oxygens (including phenoxy) is 2. The maximum atomic E-state index is 12.2. The van der Waals surface area contributed by atoms with Crippen LogP contribution < -0.4 is 20.1 Å². The third kappa shape index (κ3) is 6.26. The fourth-order valence-corrected chi connectivity index (χ4v) is 3.20. The Kier molecular flexibility index (Phi) is 7.75. The van der Waals surface area contributed by atoms with Gasteiger partial charge in [0.15, 0.2) is 18.1 Å². The zero-order chi connectivity index (χ0) is 23.1. The summed E-state index contributed by atoms with van der Waals surface area (Å²) in [6, 6.07) is 16.2. The fourth-order valence-electron chi connectivity index (χ4n) is 2.79. The van der Waals surface area contributed by atoms with Crippen molar-refractivity contribution >= 4 is 46.2 Å². The normalized spacial score (nSPS) is 10.3. The second kappa shape index (κ2) is 10.7. The topological polar surface area (TPSA) is 103 Å². The molecule has 0 bridgehead atoms. The van der Waals surface area contributed by atoms with Crippen LogP contribution in [-0.2, 0) is 11.3 Å². The second-order valence-electron chi connectivity index (χ2n) is 6.61. The molecule has 0 spiro atoms. The Morgan fingerprint density at radius 2 is 1.69 bits per heavy atom. The van der Waals surface area contributed by atoms with Gasteiger partial charge in [-0.05, 0) is 54.1 Å². The highest BCUT2D eigenvalue weighted by atomic mass is 35.5. The molecular weight excluding hydrogens is 457 g/mol. The van der Waals surface area contributed by atoms with Gasteiger partial charge in [-0.1, -0.05) is 23.2 Å². The summed E-state index contributed by atoms with van der Waals surface area (Å²) in [5, 5.41) is 17.4. The first-order valence-electron chi connectivity index (χ1n) is 9.38. The average molecular weight is 476 g/mol. The molecule has 1 amide bonds. The Labute approximate surface area is 194 Å². The van der Waals surface area contributed by atoms with E-state index in [-0.39, 0.29) is 29.0 Å². The average Bonchev–Trinajstić information content (AvgIpc) is 2.78. The molecule has 0 atom stereocenters. The number of halogens is 2. The van der Waals surface area contributed by atoms with Crippen LogP contribution in [0.5, 0.6) is 11.5 Å². The number of anilines is 2. The largest absolute Gasteiger partial charge is 0.493 e. The maximum Gasteiger partial charge on any atom is 0.269 e. The van der Waals surface area contributed by atoms with E-state index in [1.165, 1.54) is 19.2 Å². The number of nitrogens with one attached hydrogen (secondary N) is 2. The number of methoxy groups -OCH3 is 1. The summed E-state index contributed by atoms with van der Waals surface area (Å²) in [7, 11) is 1.47. The molecule has 0 aliphatic heterocycles. The lowest BCUT2D eigenvalue weighted by atomic mass is 10.2. The number of hydrogen-bond acceptors (Lipinski definition) is 6. The van der Waals surface area contributed by atoms with Gasteiger partial charge < -0.3 is 20.1 Å². The van der Waals surface area contributed by atoms with E-state index < -0.39 is 4.92 Å². The molecule has 0 saturated carbocycles. The summed E-state index contributed by atoms with van der Waals surface area (Å²) >= 11 is 12.2. The number of amides is 1. The van der Waals surface area contributed by atoms with Gasteiger partial charge in [0, 0.05) is 35.1 Å². The standard InChI is InChI=1S/C22H19Cl2N3O5/c1-31-20-11-14(12-25-16-6-8-18(9-7-16)27(29)30)10-19(24)22(20)32-13-21(28)26-17-4-2-15(23)3-5-17/h2-11,25H,12-13H2,1H3,(H,26,28). The van der Waals surface area contributed by atoms with Crippen molar-refractivity contribution in [1.29, 1.82) is 0 Å². The van der Waals surface area contributed by atoms with Crippen molar-refractivity contribution < 1.29 is 19.2 Å². The number of non-ortho nitro benzene ring substituents is 1. The Bertz CT molecular complexity index is 1110. The minimum atomic E-state index is -0.455. The number of hydrogen-bond donors (Lipinski definition) is 2. The predicted molar refractivity (Wildman–Crippen MR) is 124 cm³/mol. The number of nitro groups is 1. The number of carbonyl (C=O) groups excluding carboxylic acids is 1. The number of nitro benzene ring substituents is 1. The minimum Gasteiger partial charge on any atom is -0.493 e. The Balaban J connectivity index is 1.61. The van der Waals surface area contributed by atoms with Crippen molar-refractivity contribution in [2.45, 2.75) is 6.54 Å². The first-order chi connectivity index (χ1) is 15.4. The van der Waals surface area contributed by atoms with Crippen LogP contribution in [0.25, 0.3) is 0 Å². The number of benzene rings is 3. The van der Waals surface area contributed by atoms with Gasteiger partial charge in [-0.25, -0.2) is 0 Å². The Morgan fingerprint density at radius 3 is 2.31 bits per heavy atom. The van der Waals surface area contributed by atoms with E-state index in [4.69, 9.17) is 32.7 Å². The van der Waals surface area contributed by atoms with Crippen molar-refractivity contribution in [3.05, 3.63) is 86.4 Å².